The second kappa shape index (κ2) is 8.08. The number of rotatable bonds is 7. The van der Waals surface area contributed by atoms with E-state index in [1.165, 1.54) is 5.56 Å². The molecule has 0 fully saturated rings. The molecule has 0 spiro atoms. The Morgan fingerprint density at radius 1 is 1.00 bits per heavy atom. The van der Waals surface area contributed by atoms with Crippen molar-refractivity contribution in [3.63, 3.8) is 0 Å². The third-order valence-corrected chi connectivity index (χ3v) is 3.24. The first kappa shape index (κ1) is 15.1. The molecule has 3 heteroatoms. The van der Waals surface area contributed by atoms with Crippen LogP contribution in [-0.2, 0) is 13.0 Å². The summed E-state index contributed by atoms with van der Waals surface area (Å²) in [7, 11) is 2.09. The largest absolute Gasteiger partial charge is 0.492 e. The summed E-state index contributed by atoms with van der Waals surface area (Å²) < 4.78 is 5.72. The molecule has 0 aliphatic rings. The van der Waals surface area contributed by atoms with E-state index in [1.54, 1.807) is 0 Å². The maximum atomic E-state index is 8.63. The van der Waals surface area contributed by atoms with Crippen molar-refractivity contribution in [2.45, 2.75) is 13.0 Å². The average Bonchev–Trinajstić information content (AvgIpc) is 2.50. The van der Waals surface area contributed by atoms with E-state index in [4.69, 9.17) is 10.00 Å². The van der Waals surface area contributed by atoms with Gasteiger partial charge in [0.15, 0.2) is 0 Å². The van der Waals surface area contributed by atoms with E-state index >= 15 is 0 Å². The fourth-order valence-electron chi connectivity index (χ4n) is 2.09. The third kappa shape index (κ3) is 5.29. The zero-order chi connectivity index (χ0) is 14.9. The Hall–Kier alpha value is -2.31. The molecule has 0 N–H and O–H groups in total. The van der Waals surface area contributed by atoms with Crippen LogP contribution in [0.1, 0.15) is 11.1 Å². The van der Waals surface area contributed by atoms with Gasteiger partial charge in [0.25, 0.3) is 0 Å². The van der Waals surface area contributed by atoms with Gasteiger partial charge in [0.1, 0.15) is 12.4 Å². The highest BCUT2D eigenvalue weighted by Crippen LogP contribution is 2.12. The molecule has 0 aliphatic heterocycles. The summed E-state index contributed by atoms with van der Waals surface area (Å²) in [6.07, 6.45) is 0.445. The number of hydrogen-bond donors (Lipinski definition) is 0. The Morgan fingerprint density at radius 2 is 1.71 bits per heavy atom. The molecule has 108 valence electrons. The van der Waals surface area contributed by atoms with Crippen molar-refractivity contribution in [3.8, 4) is 11.8 Å². The lowest BCUT2D eigenvalue weighted by molar-refractivity contribution is 0.233. The van der Waals surface area contributed by atoms with Gasteiger partial charge in [0.05, 0.1) is 12.5 Å². The summed E-state index contributed by atoms with van der Waals surface area (Å²) in [6.45, 7) is 2.45. The Kier molecular flexibility index (Phi) is 5.81. The fourth-order valence-corrected chi connectivity index (χ4v) is 2.09. The first-order chi connectivity index (χ1) is 10.3. The predicted octanol–water partition coefficient (Wildman–Crippen LogP) is 3.26. The summed E-state index contributed by atoms with van der Waals surface area (Å²) in [5.41, 5.74) is 2.33. The van der Waals surface area contributed by atoms with E-state index in [1.807, 2.05) is 30.3 Å². The van der Waals surface area contributed by atoms with Gasteiger partial charge in [0, 0.05) is 13.1 Å². The van der Waals surface area contributed by atoms with Crippen molar-refractivity contribution < 1.29 is 4.74 Å². The number of ether oxygens (including phenoxy) is 1. The number of nitrogens with zero attached hydrogens (tertiary/aromatic N) is 2. The number of nitriles is 1. The summed E-state index contributed by atoms with van der Waals surface area (Å²) in [6, 6.07) is 20.3. The van der Waals surface area contributed by atoms with Gasteiger partial charge in [0.2, 0.25) is 0 Å². The van der Waals surface area contributed by atoms with E-state index in [-0.39, 0.29) is 0 Å². The molecular formula is C18H20N2O. The molecule has 21 heavy (non-hydrogen) atoms. The number of likely N-dealkylation sites (N-methyl/N-ethyl adjacent to an activating group) is 1. The van der Waals surface area contributed by atoms with Crippen LogP contribution in [0.5, 0.6) is 5.75 Å². The lowest BCUT2D eigenvalue weighted by Gasteiger charge is -2.17. The predicted molar refractivity (Wildman–Crippen MR) is 84.0 cm³/mol. The van der Waals surface area contributed by atoms with Crippen LogP contribution in [-0.4, -0.2) is 25.1 Å². The highest BCUT2D eigenvalue weighted by molar-refractivity contribution is 5.28. The summed E-state index contributed by atoms with van der Waals surface area (Å²) in [4.78, 5) is 2.24. The molecule has 0 saturated heterocycles. The lowest BCUT2D eigenvalue weighted by Crippen LogP contribution is -2.23. The molecular weight excluding hydrogens is 260 g/mol. The highest BCUT2D eigenvalue weighted by atomic mass is 16.5. The van der Waals surface area contributed by atoms with Gasteiger partial charge in [-0.2, -0.15) is 5.26 Å². The van der Waals surface area contributed by atoms with E-state index < -0.39 is 0 Å². The molecule has 0 atom stereocenters. The van der Waals surface area contributed by atoms with Gasteiger partial charge in [-0.3, -0.25) is 4.90 Å². The number of hydrogen-bond acceptors (Lipinski definition) is 3. The van der Waals surface area contributed by atoms with Gasteiger partial charge in [-0.1, -0.05) is 42.5 Å². The second-order valence-electron chi connectivity index (χ2n) is 5.05. The lowest BCUT2D eigenvalue weighted by atomic mass is 10.2. The van der Waals surface area contributed by atoms with Crippen molar-refractivity contribution in [1.29, 1.82) is 5.26 Å². The average molecular weight is 280 g/mol. The third-order valence-electron chi connectivity index (χ3n) is 3.24. The van der Waals surface area contributed by atoms with Crippen LogP contribution >= 0.6 is 0 Å². The second-order valence-corrected chi connectivity index (χ2v) is 5.05. The first-order valence-corrected chi connectivity index (χ1v) is 7.09. The van der Waals surface area contributed by atoms with E-state index in [0.717, 1.165) is 24.4 Å². The smallest absolute Gasteiger partial charge is 0.119 e. The molecule has 0 radical (unpaired) electrons. The topological polar surface area (TPSA) is 36.3 Å². The summed E-state index contributed by atoms with van der Waals surface area (Å²) in [5, 5.41) is 8.63. The van der Waals surface area contributed by atoms with Gasteiger partial charge in [-0.05, 0) is 30.3 Å². The van der Waals surface area contributed by atoms with Gasteiger partial charge in [-0.15, -0.1) is 0 Å². The molecule has 0 aromatic heterocycles. The molecule has 2 rings (SSSR count). The molecule has 2 aromatic carbocycles. The summed E-state index contributed by atoms with van der Waals surface area (Å²) in [5.74, 6) is 0.852. The quantitative estimate of drug-likeness (QED) is 0.781. The SMILES string of the molecule is CN(CCOc1ccc(CC#N)cc1)Cc1ccccc1. The maximum Gasteiger partial charge on any atom is 0.119 e. The molecule has 0 unspecified atom stereocenters. The van der Waals surface area contributed by atoms with Crippen LogP contribution in [0.25, 0.3) is 0 Å². The molecule has 2 aromatic rings. The van der Waals surface area contributed by atoms with Crippen molar-refractivity contribution in [2.24, 2.45) is 0 Å². The normalized spacial score (nSPS) is 10.3. The van der Waals surface area contributed by atoms with Crippen molar-refractivity contribution in [1.82, 2.24) is 4.90 Å². The summed E-state index contributed by atoms with van der Waals surface area (Å²) >= 11 is 0. The Labute approximate surface area is 126 Å². The van der Waals surface area contributed by atoms with Crippen LogP contribution < -0.4 is 4.74 Å². The van der Waals surface area contributed by atoms with Gasteiger partial charge < -0.3 is 4.74 Å². The van der Waals surface area contributed by atoms with Crippen molar-refractivity contribution >= 4 is 0 Å². The molecule has 0 aliphatic carbocycles. The van der Waals surface area contributed by atoms with Crippen LogP contribution in [0.3, 0.4) is 0 Å². The van der Waals surface area contributed by atoms with Crippen molar-refractivity contribution in [3.05, 3.63) is 65.7 Å². The van der Waals surface area contributed by atoms with E-state index in [0.29, 0.717) is 13.0 Å². The minimum absolute atomic E-state index is 0.445. The zero-order valence-corrected chi connectivity index (χ0v) is 12.3. The molecule has 0 saturated carbocycles. The van der Waals surface area contributed by atoms with Gasteiger partial charge in [-0.25, -0.2) is 0 Å². The Balaban J connectivity index is 1.72. The Morgan fingerprint density at radius 3 is 2.38 bits per heavy atom. The molecule has 0 amide bonds. The van der Waals surface area contributed by atoms with Crippen LogP contribution in [0, 0.1) is 11.3 Å². The minimum atomic E-state index is 0.445. The van der Waals surface area contributed by atoms with Crippen LogP contribution in [0.15, 0.2) is 54.6 Å². The van der Waals surface area contributed by atoms with Gasteiger partial charge >= 0.3 is 0 Å². The van der Waals surface area contributed by atoms with E-state index in [9.17, 15) is 0 Å². The fraction of sp³-hybridized carbons (Fsp3) is 0.278. The van der Waals surface area contributed by atoms with Crippen LogP contribution in [0.2, 0.25) is 0 Å². The zero-order valence-electron chi connectivity index (χ0n) is 12.3. The monoisotopic (exact) mass is 280 g/mol. The minimum Gasteiger partial charge on any atom is -0.492 e. The standard InChI is InChI=1S/C18H20N2O/c1-20(15-17-5-3-2-4-6-17)13-14-21-18-9-7-16(8-10-18)11-12-19/h2-10H,11,13-15H2,1H3. The maximum absolute atomic E-state index is 8.63. The number of benzene rings is 2. The van der Waals surface area contributed by atoms with E-state index in [2.05, 4.69) is 42.3 Å². The highest BCUT2D eigenvalue weighted by Gasteiger charge is 2.01. The van der Waals surface area contributed by atoms with Crippen LogP contribution in [0.4, 0.5) is 0 Å². The first-order valence-electron chi connectivity index (χ1n) is 7.09. The Bertz CT molecular complexity index is 572. The molecule has 0 heterocycles. The van der Waals surface area contributed by atoms with Crippen molar-refractivity contribution in [2.75, 3.05) is 20.2 Å². The molecule has 3 nitrogen and oxygen atoms in total. The molecule has 0 bridgehead atoms.